The van der Waals surface area contributed by atoms with Crippen molar-refractivity contribution < 1.29 is 9.59 Å². The molecule has 0 radical (unpaired) electrons. The lowest BCUT2D eigenvalue weighted by molar-refractivity contribution is -0.122. The molecular formula is C12H16N4O2. The lowest BCUT2D eigenvalue weighted by atomic mass is 10.0. The van der Waals surface area contributed by atoms with E-state index >= 15 is 0 Å². The van der Waals surface area contributed by atoms with Gasteiger partial charge >= 0.3 is 0 Å². The van der Waals surface area contributed by atoms with E-state index in [4.69, 9.17) is 5.73 Å². The predicted molar refractivity (Wildman–Crippen MR) is 67.5 cm³/mol. The SMILES string of the molecule is CNNC(=O)CC(N)c1ccc2c(c1)CC(=O)N2. The highest BCUT2D eigenvalue weighted by atomic mass is 16.2. The van der Waals surface area contributed by atoms with Crippen molar-refractivity contribution in [2.45, 2.75) is 18.9 Å². The number of nitrogens with two attached hydrogens (primary N) is 1. The second-order valence-electron chi connectivity index (χ2n) is 4.25. The van der Waals surface area contributed by atoms with E-state index in [1.54, 1.807) is 7.05 Å². The maximum Gasteiger partial charge on any atom is 0.235 e. The van der Waals surface area contributed by atoms with Gasteiger partial charge in [0, 0.05) is 25.2 Å². The second kappa shape index (κ2) is 5.16. The highest BCUT2D eigenvalue weighted by Gasteiger charge is 2.19. The number of hydrogen-bond acceptors (Lipinski definition) is 4. The van der Waals surface area contributed by atoms with Crippen LogP contribution in [0.2, 0.25) is 0 Å². The molecule has 0 spiro atoms. The minimum Gasteiger partial charge on any atom is -0.326 e. The Hall–Kier alpha value is -1.92. The van der Waals surface area contributed by atoms with Crippen LogP contribution in [-0.4, -0.2) is 18.9 Å². The fourth-order valence-corrected chi connectivity index (χ4v) is 1.99. The molecule has 6 heteroatoms. The lowest BCUT2D eigenvalue weighted by Crippen LogP contribution is -2.36. The van der Waals surface area contributed by atoms with Crippen molar-refractivity contribution in [3.63, 3.8) is 0 Å². The van der Waals surface area contributed by atoms with Crippen LogP contribution in [0.25, 0.3) is 0 Å². The number of amides is 2. The molecule has 1 atom stereocenters. The van der Waals surface area contributed by atoms with Crippen molar-refractivity contribution in [3.8, 4) is 0 Å². The summed E-state index contributed by atoms with van der Waals surface area (Å²) < 4.78 is 0. The highest BCUT2D eigenvalue weighted by molar-refractivity contribution is 5.99. The topological polar surface area (TPSA) is 96.2 Å². The molecule has 6 nitrogen and oxygen atoms in total. The zero-order valence-electron chi connectivity index (χ0n) is 10.1. The van der Waals surface area contributed by atoms with E-state index < -0.39 is 0 Å². The molecule has 2 amide bonds. The molecule has 1 aliphatic rings. The van der Waals surface area contributed by atoms with Gasteiger partial charge in [-0.2, -0.15) is 0 Å². The van der Waals surface area contributed by atoms with Crippen LogP contribution < -0.4 is 21.9 Å². The molecule has 1 unspecified atom stereocenters. The lowest BCUT2D eigenvalue weighted by Gasteiger charge is -2.13. The van der Waals surface area contributed by atoms with Gasteiger partial charge in [0.2, 0.25) is 11.8 Å². The van der Waals surface area contributed by atoms with Crippen molar-refractivity contribution in [2.24, 2.45) is 5.73 Å². The molecular weight excluding hydrogens is 232 g/mol. The van der Waals surface area contributed by atoms with Crippen LogP contribution in [-0.2, 0) is 16.0 Å². The van der Waals surface area contributed by atoms with Gasteiger partial charge in [-0.25, -0.2) is 5.43 Å². The smallest absolute Gasteiger partial charge is 0.235 e. The van der Waals surface area contributed by atoms with Crippen LogP contribution >= 0.6 is 0 Å². The molecule has 0 saturated carbocycles. The summed E-state index contributed by atoms with van der Waals surface area (Å²) in [7, 11) is 1.62. The van der Waals surface area contributed by atoms with Crippen molar-refractivity contribution in [1.29, 1.82) is 0 Å². The van der Waals surface area contributed by atoms with Gasteiger partial charge in [-0.15, -0.1) is 0 Å². The Morgan fingerprint density at radius 1 is 1.56 bits per heavy atom. The number of hydrazine groups is 1. The predicted octanol–water partition coefficient (Wildman–Crippen LogP) is -0.178. The van der Waals surface area contributed by atoms with Crippen molar-refractivity contribution in [2.75, 3.05) is 12.4 Å². The van der Waals surface area contributed by atoms with Crippen molar-refractivity contribution in [1.82, 2.24) is 10.9 Å². The minimum absolute atomic E-state index is 0.0105. The third kappa shape index (κ3) is 2.66. The molecule has 1 aromatic rings. The zero-order chi connectivity index (χ0) is 13.1. The number of fused-ring (bicyclic) bond motifs is 1. The summed E-state index contributed by atoms with van der Waals surface area (Å²) in [6.07, 6.45) is 0.569. The molecule has 1 aromatic carbocycles. The third-order valence-corrected chi connectivity index (χ3v) is 2.85. The number of rotatable bonds is 4. The van der Waals surface area contributed by atoms with E-state index in [0.29, 0.717) is 6.42 Å². The average Bonchev–Trinajstić information content (AvgIpc) is 2.68. The Bertz CT molecular complexity index is 487. The van der Waals surface area contributed by atoms with Crippen LogP contribution in [0.1, 0.15) is 23.6 Å². The van der Waals surface area contributed by atoms with E-state index in [1.165, 1.54) is 0 Å². The maximum atomic E-state index is 11.4. The first-order valence-electron chi connectivity index (χ1n) is 5.74. The molecule has 0 aromatic heterocycles. The Labute approximate surface area is 105 Å². The van der Waals surface area contributed by atoms with Gasteiger partial charge < -0.3 is 11.1 Å². The number of anilines is 1. The van der Waals surface area contributed by atoms with Crippen LogP contribution in [0.15, 0.2) is 18.2 Å². The number of carbonyl (C=O) groups excluding carboxylic acids is 2. The summed E-state index contributed by atoms with van der Waals surface area (Å²) in [5.41, 5.74) is 13.6. The quantitative estimate of drug-likeness (QED) is 0.556. The van der Waals surface area contributed by atoms with Gasteiger partial charge in [-0.05, 0) is 17.2 Å². The molecule has 0 bridgehead atoms. The normalized spacial score (nSPS) is 14.9. The van der Waals surface area contributed by atoms with Crippen molar-refractivity contribution in [3.05, 3.63) is 29.3 Å². The second-order valence-corrected chi connectivity index (χ2v) is 4.25. The number of hydrogen-bond donors (Lipinski definition) is 4. The Kier molecular flexibility index (Phi) is 3.59. The van der Waals surface area contributed by atoms with Crippen LogP contribution in [0.5, 0.6) is 0 Å². The zero-order valence-corrected chi connectivity index (χ0v) is 10.1. The first-order valence-corrected chi connectivity index (χ1v) is 5.74. The molecule has 1 aliphatic heterocycles. The summed E-state index contributed by atoms with van der Waals surface area (Å²) in [4.78, 5) is 22.6. The van der Waals surface area contributed by atoms with E-state index in [2.05, 4.69) is 16.2 Å². The Morgan fingerprint density at radius 2 is 2.33 bits per heavy atom. The fraction of sp³-hybridized carbons (Fsp3) is 0.333. The standard InChI is InChI=1S/C12H16N4O2/c1-14-16-12(18)6-9(13)7-2-3-10-8(4-7)5-11(17)15-10/h2-4,9,14H,5-6,13H2,1H3,(H,15,17)(H,16,18). The van der Waals surface area contributed by atoms with E-state index in [9.17, 15) is 9.59 Å². The van der Waals surface area contributed by atoms with E-state index in [1.807, 2.05) is 18.2 Å². The summed E-state index contributed by atoms with van der Waals surface area (Å²) in [5.74, 6) is -0.177. The molecule has 2 rings (SSSR count). The van der Waals surface area contributed by atoms with Gasteiger partial charge in [0.15, 0.2) is 0 Å². The number of benzene rings is 1. The fourth-order valence-electron chi connectivity index (χ4n) is 1.99. The minimum atomic E-state index is -0.376. The first kappa shape index (κ1) is 12.5. The van der Waals surface area contributed by atoms with Crippen LogP contribution in [0, 0.1) is 0 Å². The van der Waals surface area contributed by atoms with Gasteiger partial charge in [0.25, 0.3) is 0 Å². The van der Waals surface area contributed by atoms with E-state index in [0.717, 1.165) is 16.8 Å². The summed E-state index contributed by atoms with van der Waals surface area (Å²) in [6.45, 7) is 0. The molecule has 5 N–H and O–H groups in total. The Morgan fingerprint density at radius 3 is 3.06 bits per heavy atom. The summed E-state index contributed by atoms with van der Waals surface area (Å²) in [5, 5.41) is 2.76. The monoisotopic (exact) mass is 248 g/mol. The maximum absolute atomic E-state index is 11.4. The van der Waals surface area contributed by atoms with Gasteiger partial charge in [-0.1, -0.05) is 12.1 Å². The third-order valence-electron chi connectivity index (χ3n) is 2.85. The molecule has 0 aliphatic carbocycles. The largest absolute Gasteiger partial charge is 0.326 e. The van der Waals surface area contributed by atoms with Gasteiger partial charge in [-0.3, -0.25) is 15.0 Å². The molecule has 0 fully saturated rings. The van der Waals surface area contributed by atoms with Crippen LogP contribution in [0.4, 0.5) is 5.69 Å². The van der Waals surface area contributed by atoms with Crippen LogP contribution in [0.3, 0.4) is 0 Å². The van der Waals surface area contributed by atoms with Crippen molar-refractivity contribution >= 4 is 17.5 Å². The number of carbonyl (C=O) groups is 2. The summed E-state index contributed by atoms with van der Waals surface area (Å²) >= 11 is 0. The molecule has 18 heavy (non-hydrogen) atoms. The van der Waals surface area contributed by atoms with Gasteiger partial charge in [0.1, 0.15) is 0 Å². The molecule has 1 heterocycles. The Balaban J connectivity index is 2.08. The van der Waals surface area contributed by atoms with E-state index in [-0.39, 0.29) is 24.3 Å². The highest BCUT2D eigenvalue weighted by Crippen LogP contribution is 2.26. The molecule has 0 saturated heterocycles. The average molecular weight is 248 g/mol. The first-order chi connectivity index (χ1) is 8.60. The van der Waals surface area contributed by atoms with Gasteiger partial charge in [0.05, 0.1) is 6.42 Å². The number of nitrogens with one attached hydrogen (secondary N) is 3. The summed E-state index contributed by atoms with van der Waals surface area (Å²) in [6, 6.07) is 5.16. The molecule has 96 valence electrons.